The van der Waals surface area contributed by atoms with Crippen LogP contribution in [0.1, 0.15) is 11.3 Å². The van der Waals surface area contributed by atoms with Crippen LogP contribution in [0.5, 0.6) is 0 Å². The van der Waals surface area contributed by atoms with Gasteiger partial charge in [-0.3, -0.25) is 4.98 Å². The van der Waals surface area contributed by atoms with E-state index < -0.39 is 0 Å². The second kappa shape index (κ2) is 5.56. The third-order valence-electron chi connectivity index (χ3n) is 2.20. The zero-order valence-corrected chi connectivity index (χ0v) is 9.78. The summed E-state index contributed by atoms with van der Waals surface area (Å²) in [5.74, 6) is 1.91. The number of benzene rings is 1. The number of aromatic nitrogens is 1. The largest absolute Gasteiger partial charge is 0.399 e. The molecule has 3 heteroatoms. The highest BCUT2D eigenvalue weighted by molar-refractivity contribution is 7.97. The van der Waals surface area contributed by atoms with Crippen LogP contribution in [-0.4, -0.2) is 4.98 Å². The molecule has 1 heterocycles. The van der Waals surface area contributed by atoms with Crippen molar-refractivity contribution < 1.29 is 0 Å². The van der Waals surface area contributed by atoms with Crippen LogP contribution in [0, 0.1) is 0 Å². The van der Waals surface area contributed by atoms with E-state index in [1.807, 2.05) is 30.0 Å². The van der Waals surface area contributed by atoms with Gasteiger partial charge >= 0.3 is 0 Å². The first-order valence-corrected chi connectivity index (χ1v) is 6.32. The van der Waals surface area contributed by atoms with Gasteiger partial charge in [0.2, 0.25) is 0 Å². The Bertz CT molecular complexity index is 443. The molecule has 0 saturated carbocycles. The Hall–Kier alpha value is -1.48. The SMILES string of the molecule is Nc1ccnc(CSCc2ccccc2)c1. The molecule has 2 N–H and O–H groups in total. The smallest absolute Gasteiger partial charge is 0.0523 e. The first-order chi connectivity index (χ1) is 7.84. The van der Waals surface area contributed by atoms with E-state index in [1.54, 1.807) is 6.20 Å². The molecule has 0 aliphatic heterocycles. The van der Waals surface area contributed by atoms with Crippen LogP contribution in [0.15, 0.2) is 48.7 Å². The molecule has 0 amide bonds. The lowest BCUT2D eigenvalue weighted by Crippen LogP contribution is -1.91. The molecule has 2 rings (SSSR count). The van der Waals surface area contributed by atoms with Crippen molar-refractivity contribution in [2.24, 2.45) is 0 Å². The van der Waals surface area contributed by atoms with Crippen LogP contribution in [-0.2, 0) is 11.5 Å². The highest BCUT2D eigenvalue weighted by Crippen LogP contribution is 2.17. The Balaban J connectivity index is 1.85. The molecule has 1 aromatic carbocycles. The van der Waals surface area contributed by atoms with Crippen molar-refractivity contribution in [3.63, 3.8) is 0 Å². The molecular weight excluding hydrogens is 216 g/mol. The second-order valence-corrected chi connectivity index (χ2v) is 4.54. The number of rotatable bonds is 4. The standard InChI is InChI=1S/C13H14N2S/c14-12-6-7-15-13(8-12)10-16-9-11-4-2-1-3-5-11/h1-8H,9-10H2,(H2,14,15). The molecular formula is C13H14N2S. The summed E-state index contributed by atoms with van der Waals surface area (Å²) in [5.41, 5.74) is 8.86. The predicted molar refractivity (Wildman–Crippen MR) is 70.1 cm³/mol. The summed E-state index contributed by atoms with van der Waals surface area (Å²) in [6.07, 6.45) is 1.76. The lowest BCUT2D eigenvalue weighted by atomic mass is 10.2. The lowest BCUT2D eigenvalue weighted by molar-refractivity contribution is 1.17. The predicted octanol–water partition coefficient (Wildman–Crippen LogP) is 3.10. The van der Waals surface area contributed by atoms with E-state index in [9.17, 15) is 0 Å². The maximum absolute atomic E-state index is 5.69. The number of hydrogen-bond acceptors (Lipinski definition) is 3. The minimum absolute atomic E-state index is 0.783. The van der Waals surface area contributed by atoms with E-state index in [0.717, 1.165) is 22.9 Å². The number of nitrogens with two attached hydrogens (primary N) is 1. The zero-order valence-electron chi connectivity index (χ0n) is 8.97. The van der Waals surface area contributed by atoms with Crippen molar-refractivity contribution in [3.8, 4) is 0 Å². The maximum atomic E-state index is 5.69. The number of thioether (sulfide) groups is 1. The molecule has 16 heavy (non-hydrogen) atoms. The average Bonchev–Trinajstić information content (AvgIpc) is 2.30. The van der Waals surface area contributed by atoms with Crippen molar-refractivity contribution in [1.82, 2.24) is 4.98 Å². The summed E-state index contributed by atoms with van der Waals surface area (Å²) in [6.45, 7) is 0. The van der Waals surface area contributed by atoms with Gasteiger partial charge in [0.25, 0.3) is 0 Å². The average molecular weight is 230 g/mol. The van der Waals surface area contributed by atoms with Crippen LogP contribution in [0.25, 0.3) is 0 Å². The molecule has 0 aliphatic rings. The summed E-state index contributed by atoms with van der Waals surface area (Å²) >= 11 is 1.85. The highest BCUT2D eigenvalue weighted by atomic mass is 32.2. The number of pyridine rings is 1. The highest BCUT2D eigenvalue weighted by Gasteiger charge is 1.96. The summed E-state index contributed by atoms with van der Waals surface area (Å²) in [5, 5.41) is 0. The minimum atomic E-state index is 0.783. The quantitative estimate of drug-likeness (QED) is 0.877. The molecule has 0 unspecified atom stereocenters. The number of hydrogen-bond donors (Lipinski definition) is 1. The number of nitrogens with zero attached hydrogens (tertiary/aromatic N) is 1. The molecule has 82 valence electrons. The maximum Gasteiger partial charge on any atom is 0.0523 e. The Labute approximate surface area is 99.9 Å². The van der Waals surface area contributed by atoms with Crippen LogP contribution in [0.3, 0.4) is 0 Å². The third-order valence-corrected chi connectivity index (χ3v) is 3.24. The summed E-state index contributed by atoms with van der Waals surface area (Å²) < 4.78 is 0. The monoisotopic (exact) mass is 230 g/mol. The van der Waals surface area contributed by atoms with Gasteiger partial charge in [-0.1, -0.05) is 30.3 Å². The number of anilines is 1. The van der Waals surface area contributed by atoms with Gasteiger partial charge in [0.05, 0.1) is 5.69 Å². The van der Waals surface area contributed by atoms with Gasteiger partial charge in [0.15, 0.2) is 0 Å². The summed E-state index contributed by atoms with van der Waals surface area (Å²) in [4.78, 5) is 4.27. The fraction of sp³-hybridized carbons (Fsp3) is 0.154. The lowest BCUT2D eigenvalue weighted by Gasteiger charge is -2.02. The molecule has 0 spiro atoms. The molecule has 0 radical (unpaired) electrons. The van der Waals surface area contributed by atoms with Gasteiger partial charge in [-0.05, 0) is 17.7 Å². The van der Waals surface area contributed by atoms with Crippen molar-refractivity contribution in [3.05, 3.63) is 59.9 Å². The van der Waals surface area contributed by atoms with Gasteiger partial charge < -0.3 is 5.73 Å². The summed E-state index contributed by atoms with van der Waals surface area (Å²) in [7, 11) is 0. The second-order valence-electron chi connectivity index (χ2n) is 3.56. The van der Waals surface area contributed by atoms with E-state index in [0.29, 0.717) is 0 Å². The van der Waals surface area contributed by atoms with Gasteiger partial charge in [-0.25, -0.2) is 0 Å². The van der Waals surface area contributed by atoms with Gasteiger partial charge in [0.1, 0.15) is 0 Å². The van der Waals surface area contributed by atoms with Gasteiger partial charge in [-0.15, -0.1) is 0 Å². The van der Waals surface area contributed by atoms with Gasteiger partial charge in [-0.2, -0.15) is 11.8 Å². The molecule has 0 atom stereocenters. The van der Waals surface area contributed by atoms with E-state index in [4.69, 9.17) is 5.73 Å². The van der Waals surface area contributed by atoms with Crippen LogP contribution < -0.4 is 5.73 Å². The third kappa shape index (κ3) is 3.28. The van der Waals surface area contributed by atoms with Crippen LogP contribution in [0.2, 0.25) is 0 Å². The number of nitrogen functional groups attached to an aromatic ring is 1. The minimum Gasteiger partial charge on any atom is -0.399 e. The van der Waals surface area contributed by atoms with Crippen molar-refractivity contribution in [2.75, 3.05) is 5.73 Å². The molecule has 2 aromatic rings. The fourth-order valence-corrected chi connectivity index (χ4v) is 2.32. The molecule has 2 nitrogen and oxygen atoms in total. The van der Waals surface area contributed by atoms with Gasteiger partial charge in [0, 0.05) is 23.4 Å². The van der Waals surface area contributed by atoms with Crippen LogP contribution in [0.4, 0.5) is 5.69 Å². The van der Waals surface area contributed by atoms with E-state index in [1.165, 1.54) is 5.56 Å². The molecule has 0 bridgehead atoms. The Morgan fingerprint density at radius 2 is 1.88 bits per heavy atom. The first kappa shape index (κ1) is 11.0. The van der Waals surface area contributed by atoms with Crippen molar-refractivity contribution in [1.29, 1.82) is 0 Å². The van der Waals surface area contributed by atoms with E-state index >= 15 is 0 Å². The fourth-order valence-electron chi connectivity index (χ4n) is 1.42. The Kier molecular flexibility index (Phi) is 3.83. The van der Waals surface area contributed by atoms with Crippen molar-refractivity contribution in [2.45, 2.75) is 11.5 Å². The van der Waals surface area contributed by atoms with E-state index in [-0.39, 0.29) is 0 Å². The molecule has 1 aromatic heterocycles. The van der Waals surface area contributed by atoms with E-state index in [2.05, 4.69) is 29.2 Å². The van der Waals surface area contributed by atoms with Crippen LogP contribution >= 0.6 is 11.8 Å². The molecule has 0 saturated heterocycles. The van der Waals surface area contributed by atoms with Crippen molar-refractivity contribution >= 4 is 17.4 Å². The first-order valence-electron chi connectivity index (χ1n) is 5.16. The zero-order chi connectivity index (χ0) is 11.2. The Morgan fingerprint density at radius 1 is 1.06 bits per heavy atom. The topological polar surface area (TPSA) is 38.9 Å². The summed E-state index contributed by atoms with van der Waals surface area (Å²) in [6, 6.07) is 14.2. The molecule has 0 fully saturated rings. The molecule has 0 aliphatic carbocycles. The normalized spacial score (nSPS) is 10.2. The Morgan fingerprint density at radius 3 is 2.62 bits per heavy atom.